The quantitative estimate of drug-likeness (QED) is 0.601. The molecule has 0 spiro atoms. The van der Waals surface area contributed by atoms with Gasteiger partial charge in [0, 0.05) is 5.92 Å². The van der Waals surface area contributed by atoms with Gasteiger partial charge in [0.25, 0.3) is 0 Å². The Labute approximate surface area is 181 Å². The van der Waals surface area contributed by atoms with Gasteiger partial charge >= 0.3 is 12.1 Å². The minimum absolute atomic E-state index is 0.0793. The van der Waals surface area contributed by atoms with Gasteiger partial charge in [-0.3, -0.25) is 4.79 Å². The molecule has 164 valence electrons. The van der Waals surface area contributed by atoms with Crippen molar-refractivity contribution in [2.45, 2.75) is 45.2 Å². The van der Waals surface area contributed by atoms with Gasteiger partial charge in [-0.15, -0.1) is 0 Å². The van der Waals surface area contributed by atoms with Crippen molar-refractivity contribution in [3.8, 4) is 11.1 Å². The third-order valence-electron chi connectivity index (χ3n) is 5.59. The van der Waals surface area contributed by atoms with E-state index in [1.54, 1.807) is 20.8 Å². The van der Waals surface area contributed by atoms with Crippen molar-refractivity contribution in [3.63, 3.8) is 0 Å². The SMILES string of the molecule is CC[C@H](NC(=O)OCC1c2ccccc2-c2ccccc21)C(=O)N[C@H](C(=O)O)C(C)C. The standard InChI is InChI=1S/C24H28N2O5/c1-4-20(22(27)26-21(14(2)3)23(28)29)25-24(30)31-13-19-17-11-7-5-9-15(17)16-10-6-8-12-18(16)19/h5-12,14,19-21H,4,13H2,1-3H3,(H,25,30)(H,26,27)(H,28,29)/t20-,21-/m0/s1. The number of fused-ring (bicyclic) bond motifs is 3. The summed E-state index contributed by atoms with van der Waals surface area (Å²) in [6.07, 6.45) is -0.402. The molecule has 0 saturated carbocycles. The first-order valence-corrected chi connectivity index (χ1v) is 10.5. The second kappa shape index (κ2) is 9.64. The molecule has 1 aliphatic carbocycles. The largest absolute Gasteiger partial charge is 0.480 e. The number of hydrogen-bond acceptors (Lipinski definition) is 4. The molecule has 0 saturated heterocycles. The summed E-state index contributed by atoms with van der Waals surface area (Å²) in [5.74, 6) is -2.02. The van der Waals surface area contributed by atoms with Gasteiger partial charge in [-0.1, -0.05) is 69.3 Å². The first-order chi connectivity index (χ1) is 14.8. The maximum atomic E-state index is 12.5. The Morgan fingerprint density at radius 2 is 1.52 bits per heavy atom. The van der Waals surface area contributed by atoms with Crippen LogP contribution in [-0.2, 0) is 14.3 Å². The Morgan fingerprint density at radius 3 is 2.00 bits per heavy atom. The van der Waals surface area contributed by atoms with Crippen LogP contribution in [0.1, 0.15) is 44.2 Å². The highest BCUT2D eigenvalue weighted by Gasteiger charge is 2.30. The van der Waals surface area contributed by atoms with Crippen LogP contribution in [0.15, 0.2) is 48.5 Å². The van der Waals surface area contributed by atoms with Crippen LogP contribution in [0.25, 0.3) is 11.1 Å². The lowest BCUT2D eigenvalue weighted by molar-refractivity contribution is -0.143. The van der Waals surface area contributed by atoms with Crippen LogP contribution in [0.4, 0.5) is 4.79 Å². The maximum Gasteiger partial charge on any atom is 0.407 e. The third kappa shape index (κ3) is 4.87. The summed E-state index contributed by atoms with van der Waals surface area (Å²) in [7, 11) is 0. The van der Waals surface area contributed by atoms with Crippen molar-refractivity contribution < 1.29 is 24.2 Å². The predicted molar refractivity (Wildman–Crippen MR) is 117 cm³/mol. The molecule has 0 bridgehead atoms. The Hall–Kier alpha value is -3.35. The van der Waals surface area contributed by atoms with E-state index in [2.05, 4.69) is 22.8 Å². The number of carbonyl (C=O) groups excluding carboxylic acids is 2. The molecule has 0 radical (unpaired) electrons. The number of carbonyl (C=O) groups is 3. The van der Waals surface area contributed by atoms with Gasteiger partial charge in [0.1, 0.15) is 18.7 Å². The van der Waals surface area contributed by atoms with E-state index >= 15 is 0 Å². The number of amides is 2. The minimum Gasteiger partial charge on any atom is -0.480 e. The Morgan fingerprint density at radius 1 is 0.968 bits per heavy atom. The number of ether oxygens (including phenoxy) is 1. The van der Waals surface area contributed by atoms with E-state index in [9.17, 15) is 19.5 Å². The first-order valence-electron chi connectivity index (χ1n) is 10.5. The van der Waals surface area contributed by atoms with Crippen molar-refractivity contribution >= 4 is 18.0 Å². The number of benzene rings is 2. The van der Waals surface area contributed by atoms with Gasteiger partial charge < -0.3 is 20.5 Å². The highest BCUT2D eigenvalue weighted by molar-refractivity contribution is 5.89. The number of aliphatic carboxylic acids is 1. The van der Waals surface area contributed by atoms with Crippen LogP contribution in [0, 0.1) is 5.92 Å². The molecule has 0 heterocycles. The molecule has 7 nitrogen and oxygen atoms in total. The number of rotatable bonds is 8. The lowest BCUT2D eigenvalue weighted by Crippen LogP contribution is -2.53. The van der Waals surface area contributed by atoms with Crippen molar-refractivity contribution in [1.29, 1.82) is 0 Å². The minimum atomic E-state index is -1.11. The Bertz CT molecular complexity index is 926. The summed E-state index contributed by atoms with van der Waals surface area (Å²) in [4.78, 5) is 36.2. The van der Waals surface area contributed by atoms with Crippen LogP contribution in [0.3, 0.4) is 0 Å². The molecule has 0 unspecified atom stereocenters. The fourth-order valence-corrected chi connectivity index (χ4v) is 3.90. The summed E-state index contributed by atoms with van der Waals surface area (Å²) in [6.45, 7) is 5.29. The number of alkyl carbamates (subject to hydrolysis) is 1. The van der Waals surface area contributed by atoms with Crippen LogP contribution < -0.4 is 10.6 Å². The van der Waals surface area contributed by atoms with Crippen molar-refractivity contribution in [2.24, 2.45) is 5.92 Å². The fraction of sp³-hybridized carbons (Fsp3) is 0.375. The van der Waals surface area contributed by atoms with Crippen LogP contribution >= 0.6 is 0 Å². The Balaban J connectivity index is 1.63. The third-order valence-corrected chi connectivity index (χ3v) is 5.59. The lowest BCUT2D eigenvalue weighted by atomic mass is 9.98. The number of carboxylic acid groups (broad SMARTS) is 1. The van der Waals surface area contributed by atoms with Crippen LogP contribution in [0.5, 0.6) is 0 Å². The normalized spacial score (nSPS) is 14.3. The predicted octanol–water partition coefficient (Wildman–Crippen LogP) is 3.53. The molecule has 2 aromatic rings. The van der Waals surface area contributed by atoms with Gasteiger partial charge in [-0.25, -0.2) is 9.59 Å². The average molecular weight is 424 g/mol. The summed E-state index contributed by atoms with van der Waals surface area (Å²) in [5.41, 5.74) is 4.46. The summed E-state index contributed by atoms with van der Waals surface area (Å²) < 4.78 is 5.48. The highest BCUT2D eigenvalue weighted by atomic mass is 16.5. The molecular formula is C24H28N2O5. The van der Waals surface area contributed by atoms with Crippen LogP contribution in [0.2, 0.25) is 0 Å². The van der Waals surface area contributed by atoms with Crippen molar-refractivity contribution in [3.05, 3.63) is 59.7 Å². The second-order valence-corrected chi connectivity index (χ2v) is 8.00. The number of carboxylic acids is 1. The summed E-state index contributed by atoms with van der Waals surface area (Å²) >= 11 is 0. The molecule has 7 heteroatoms. The van der Waals surface area contributed by atoms with E-state index in [1.165, 1.54) is 0 Å². The van der Waals surface area contributed by atoms with Gasteiger partial charge in [-0.05, 0) is 34.6 Å². The van der Waals surface area contributed by atoms with Gasteiger partial charge in [0.05, 0.1) is 0 Å². The molecule has 1 aliphatic rings. The van der Waals surface area contributed by atoms with E-state index in [0.29, 0.717) is 6.42 Å². The zero-order valence-corrected chi connectivity index (χ0v) is 17.9. The number of hydrogen-bond donors (Lipinski definition) is 3. The molecular weight excluding hydrogens is 396 g/mol. The fourth-order valence-electron chi connectivity index (χ4n) is 3.90. The van der Waals surface area contributed by atoms with E-state index in [1.807, 2.05) is 36.4 Å². The average Bonchev–Trinajstić information content (AvgIpc) is 3.07. The van der Waals surface area contributed by atoms with Gasteiger partial charge in [0.15, 0.2) is 0 Å². The lowest BCUT2D eigenvalue weighted by Gasteiger charge is -2.22. The molecule has 2 amide bonds. The van der Waals surface area contributed by atoms with E-state index in [0.717, 1.165) is 22.3 Å². The van der Waals surface area contributed by atoms with Crippen molar-refractivity contribution in [2.75, 3.05) is 6.61 Å². The van der Waals surface area contributed by atoms with E-state index in [4.69, 9.17) is 4.74 Å². The van der Waals surface area contributed by atoms with E-state index in [-0.39, 0.29) is 18.4 Å². The topological polar surface area (TPSA) is 105 Å². The summed E-state index contributed by atoms with van der Waals surface area (Å²) in [6, 6.07) is 14.2. The molecule has 31 heavy (non-hydrogen) atoms. The highest BCUT2D eigenvalue weighted by Crippen LogP contribution is 2.44. The molecule has 0 fully saturated rings. The smallest absolute Gasteiger partial charge is 0.407 e. The molecule has 0 aliphatic heterocycles. The maximum absolute atomic E-state index is 12.5. The molecule has 2 aromatic carbocycles. The molecule has 2 atom stereocenters. The van der Waals surface area contributed by atoms with Gasteiger partial charge in [-0.2, -0.15) is 0 Å². The van der Waals surface area contributed by atoms with Gasteiger partial charge in [0.2, 0.25) is 5.91 Å². The summed E-state index contributed by atoms with van der Waals surface area (Å²) in [5, 5.41) is 14.3. The monoisotopic (exact) mass is 424 g/mol. The second-order valence-electron chi connectivity index (χ2n) is 8.00. The van der Waals surface area contributed by atoms with E-state index < -0.39 is 30.1 Å². The zero-order chi connectivity index (χ0) is 22.5. The Kier molecular flexibility index (Phi) is 6.95. The van der Waals surface area contributed by atoms with Crippen molar-refractivity contribution in [1.82, 2.24) is 10.6 Å². The number of nitrogens with one attached hydrogen (secondary N) is 2. The van der Waals surface area contributed by atoms with Crippen LogP contribution in [-0.4, -0.2) is 41.8 Å². The first kappa shape index (κ1) is 22.3. The molecule has 3 N–H and O–H groups in total. The zero-order valence-electron chi connectivity index (χ0n) is 17.9. The molecule has 0 aromatic heterocycles. The molecule has 3 rings (SSSR count).